The summed E-state index contributed by atoms with van der Waals surface area (Å²) >= 11 is 0. The second kappa shape index (κ2) is 5.70. The summed E-state index contributed by atoms with van der Waals surface area (Å²) < 4.78 is 14.2. The Kier molecular flexibility index (Phi) is 4.35. The van der Waals surface area contributed by atoms with Crippen molar-refractivity contribution < 1.29 is 4.39 Å². The fourth-order valence-corrected chi connectivity index (χ4v) is 2.83. The van der Waals surface area contributed by atoms with Crippen molar-refractivity contribution in [2.24, 2.45) is 5.73 Å². The molecule has 0 amide bonds. The molecule has 20 heavy (non-hydrogen) atoms. The van der Waals surface area contributed by atoms with E-state index in [2.05, 4.69) is 30.6 Å². The van der Waals surface area contributed by atoms with Gasteiger partial charge in [-0.15, -0.1) is 0 Å². The quantitative estimate of drug-likeness (QED) is 0.903. The van der Waals surface area contributed by atoms with Gasteiger partial charge in [-0.2, -0.15) is 0 Å². The van der Waals surface area contributed by atoms with Crippen LogP contribution in [0.4, 0.5) is 10.1 Å². The van der Waals surface area contributed by atoms with Gasteiger partial charge in [0, 0.05) is 37.8 Å². The summed E-state index contributed by atoms with van der Waals surface area (Å²) in [7, 11) is 0. The van der Waals surface area contributed by atoms with Gasteiger partial charge in [-0.25, -0.2) is 4.39 Å². The molecule has 1 heterocycles. The van der Waals surface area contributed by atoms with E-state index >= 15 is 0 Å². The molecule has 0 saturated carbocycles. The number of benzene rings is 1. The molecule has 2 rings (SSSR count). The molecule has 3 nitrogen and oxygen atoms in total. The molecule has 0 aromatic heterocycles. The molecule has 1 aliphatic rings. The molecular formula is C16H26FN3. The van der Waals surface area contributed by atoms with Crippen molar-refractivity contribution in [3.63, 3.8) is 0 Å². The minimum absolute atomic E-state index is 0.152. The molecule has 0 radical (unpaired) electrons. The maximum atomic E-state index is 14.2. The summed E-state index contributed by atoms with van der Waals surface area (Å²) in [5.74, 6) is -0.163. The molecule has 0 unspecified atom stereocenters. The third-order valence-corrected chi connectivity index (χ3v) is 4.05. The Morgan fingerprint density at radius 1 is 1.15 bits per heavy atom. The zero-order valence-electron chi connectivity index (χ0n) is 13.0. The van der Waals surface area contributed by atoms with Crippen molar-refractivity contribution in [3.05, 3.63) is 29.6 Å². The number of para-hydroxylation sites is 1. The van der Waals surface area contributed by atoms with E-state index in [-0.39, 0.29) is 17.4 Å². The summed E-state index contributed by atoms with van der Waals surface area (Å²) in [5.41, 5.74) is 7.74. The van der Waals surface area contributed by atoms with Crippen LogP contribution in [0.5, 0.6) is 0 Å². The molecule has 112 valence electrons. The minimum atomic E-state index is -0.163. The molecule has 1 fully saturated rings. The third kappa shape index (κ3) is 3.13. The predicted octanol–water partition coefficient (Wildman–Crippen LogP) is 2.77. The van der Waals surface area contributed by atoms with Crippen LogP contribution in [-0.2, 0) is 0 Å². The van der Waals surface area contributed by atoms with Crippen LogP contribution in [0.1, 0.15) is 39.3 Å². The first-order chi connectivity index (χ1) is 9.30. The smallest absolute Gasteiger partial charge is 0.146 e. The predicted molar refractivity (Wildman–Crippen MR) is 82.5 cm³/mol. The Balaban J connectivity index is 2.19. The molecule has 1 aromatic rings. The highest BCUT2D eigenvalue weighted by molar-refractivity contribution is 5.56. The first-order valence-electron chi connectivity index (χ1n) is 7.34. The molecule has 1 aliphatic heterocycles. The van der Waals surface area contributed by atoms with Gasteiger partial charge in [-0.05, 0) is 39.3 Å². The number of anilines is 1. The van der Waals surface area contributed by atoms with Crippen molar-refractivity contribution in [1.29, 1.82) is 0 Å². The molecule has 2 N–H and O–H groups in total. The summed E-state index contributed by atoms with van der Waals surface area (Å²) in [6, 6.07) is 5.04. The van der Waals surface area contributed by atoms with Crippen LogP contribution in [0.15, 0.2) is 18.2 Å². The molecule has 1 saturated heterocycles. The molecule has 0 bridgehead atoms. The Labute approximate surface area is 121 Å². The highest BCUT2D eigenvalue weighted by Crippen LogP contribution is 2.30. The molecule has 1 atom stereocenters. The van der Waals surface area contributed by atoms with Crippen LogP contribution in [0.3, 0.4) is 0 Å². The van der Waals surface area contributed by atoms with Gasteiger partial charge in [-0.1, -0.05) is 12.1 Å². The van der Waals surface area contributed by atoms with E-state index in [0.29, 0.717) is 5.69 Å². The zero-order chi connectivity index (χ0) is 14.9. The van der Waals surface area contributed by atoms with Crippen LogP contribution in [0, 0.1) is 5.82 Å². The Bertz CT molecular complexity index is 457. The Hall–Kier alpha value is -1.13. The van der Waals surface area contributed by atoms with E-state index in [9.17, 15) is 4.39 Å². The molecule has 4 heteroatoms. The number of halogens is 1. The standard InChI is InChI=1S/C16H26FN3/c1-12(18)13-6-5-7-14(17)15(13)19-8-10-20(11-9-19)16(2,3)4/h5-7,12H,8-11,18H2,1-4H3/t12-/m0/s1. The highest BCUT2D eigenvalue weighted by atomic mass is 19.1. The minimum Gasteiger partial charge on any atom is -0.366 e. The van der Waals surface area contributed by atoms with Gasteiger partial charge in [0.05, 0.1) is 5.69 Å². The van der Waals surface area contributed by atoms with Crippen molar-refractivity contribution in [3.8, 4) is 0 Å². The maximum Gasteiger partial charge on any atom is 0.146 e. The number of piperazine rings is 1. The second-order valence-electron chi connectivity index (χ2n) is 6.61. The summed E-state index contributed by atoms with van der Waals surface area (Å²) in [4.78, 5) is 4.58. The number of rotatable bonds is 2. The molecule has 1 aromatic carbocycles. The van der Waals surface area contributed by atoms with Crippen LogP contribution < -0.4 is 10.6 Å². The lowest BCUT2D eigenvalue weighted by atomic mass is 10.0. The summed E-state index contributed by atoms with van der Waals surface area (Å²) in [5, 5.41) is 0. The molecule has 0 aliphatic carbocycles. The molecular weight excluding hydrogens is 253 g/mol. The normalized spacial score (nSPS) is 19.2. The van der Waals surface area contributed by atoms with E-state index in [1.165, 1.54) is 6.07 Å². The Morgan fingerprint density at radius 3 is 2.25 bits per heavy atom. The average molecular weight is 279 g/mol. The number of nitrogens with two attached hydrogens (primary N) is 1. The zero-order valence-corrected chi connectivity index (χ0v) is 13.0. The summed E-state index contributed by atoms with van der Waals surface area (Å²) in [6.45, 7) is 12.2. The number of hydrogen-bond donors (Lipinski definition) is 1. The SMILES string of the molecule is C[C@H](N)c1cccc(F)c1N1CCN(C(C)(C)C)CC1. The second-order valence-corrected chi connectivity index (χ2v) is 6.61. The van der Waals surface area contributed by atoms with Crippen LogP contribution in [0.2, 0.25) is 0 Å². The number of hydrogen-bond acceptors (Lipinski definition) is 3. The fourth-order valence-electron chi connectivity index (χ4n) is 2.83. The van der Waals surface area contributed by atoms with Gasteiger partial charge in [-0.3, -0.25) is 4.90 Å². The fraction of sp³-hybridized carbons (Fsp3) is 0.625. The first kappa shape index (κ1) is 15.3. The van der Waals surface area contributed by atoms with Crippen molar-refractivity contribution >= 4 is 5.69 Å². The van der Waals surface area contributed by atoms with E-state index in [4.69, 9.17) is 5.73 Å². The lowest BCUT2D eigenvalue weighted by molar-refractivity contribution is 0.128. The van der Waals surface area contributed by atoms with Gasteiger partial charge in [0.25, 0.3) is 0 Å². The maximum absolute atomic E-state index is 14.2. The lowest BCUT2D eigenvalue weighted by Gasteiger charge is -2.43. The van der Waals surface area contributed by atoms with Crippen molar-refractivity contribution in [2.45, 2.75) is 39.3 Å². The van der Waals surface area contributed by atoms with Gasteiger partial charge < -0.3 is 10.6 Å². The number of nitrogens with zero attached hydrogens (tertiary/aromatic N) is 2. The Morgan fingerprint density at radius 2 is 1.75 bits per heavy atom. The highest BCUT2D eigenvalue weighted by Gasteiger charge is 2.28. The van der Waals surface area contributed by atoms with Gasteiger partial charge in [0.1, 0.15) is 5.82 Å². The topological polar surface area (TPSA) is 32.5 Å². The van der Waals surface area contributed by atoms with Crippen LogP contribution in [-0.4, -0.2) is 36.6 Å². The lowest BCUT2D eigenvalue weighted by Crippen LogP contribution is -2.53. The van der Waals surface area contributed by atoms with E-state index in [1.807, 2.05) is 13.0 Å². The van der Waals surface area contributed by atoms with Crippen LogP contribution >= 0.6 is 0 Å². The van der Waals surface area contributed by atoms with Crippen molar-refractivity contribution in [1.82, 2.24) is 4.90 Å². The van der Waals surface area contributed by atoms with E-state index in [1.54, 1.807) is 6.07 Å². The van der Waals surface area contributed by atoms with Gasteiger partial charge in [0.2, 0.25) is 0 Å². The van der Waals surface area contributed by atoms with E-state index < -0.39 is 0 Å². The van der Waals surface area contributed by atoms with Crippen molar-refractivity contribution in [2.75, 3.05) is 31.1 Å². The largest absolute Gasteiger partial charge is 0.366 e. The first-order valence-corrected chi connectivity index (χ1v) is 7.34. The monoisotopic (exact) mass is 279 g/mol. The van der Waals surface area contributed by atoms with Gasteiger partial charge in [0.15, 0.2) is 0 Å². The van der Waals surface area contributed by atoms with E-state index in [0.717, 1.165) is 31.7 Å². The third-order valence-electron chi connectivity index (χ3n) is 4.05. The molecule has 0 spiro atoms. The summed E-state index contributed by atoms with van der Waals surface area (Å²) in [6.07, 6.45) is 0. The van der Waals surface area contributed by atoms with Gasteiger partial charge >= 0.3 is 0 Å². The van der Waals surface area contributed by atoms with Crippen LogP contribution in [0.25, 0.3) is 0 Å². The average Bonchev–Trinajstić information content (AvgIpc) is 2.37.